The summed E-state index contributed by atoms with van der Waals surface area (Å²) >= 11 is 6.01. The second kappa shape index (κ2) is 5.31. The number of carbonyl (C=O) groups excluding carboxylic acids is 1. The molecule has 3 N–H and O–H groups in total. The molecule has 0 spiro atoms. The number of anilines is 1. The molecular weight excluding hydrogens is 240 g/mol. The topological polar surface area (TPSA) is 80.9 Å². The summed E-state index contributed by atoms with van der Waals surface area (Å²) in [6.45, 7) is 5.43. The Morgan fingerprint density at radius 1 is 1.53 bits per heavy atom. The summed E-state index contributed by atoms with van der Waals surface area (Å²) in [5, 5.41) is 3.41. The van der Waals surface area contributed by atoms with Gasteiger partial charge in [-0.1, -0.05) is 24.9 Å². The maximum Gasteiger partial charge on any atom is 0.242 e. The van der Waals surface area contributed by atoms with Gasteiger partial charge in [0.05, 0.1) is 0 Å². The van der Waals surface area contributed by atoms with E-state index >= 15 is 0 Å². The predicted molar refractivity (Wildman–Crippen MR) is 67.9 cm³/mol. The van der Waals surface area contributed by atoms with Crippen LogP contribution in [0.1, 0.15) is 32.8 Å². The van der Waals surface area contributed by atoms with E-state index in [9.17, 15) is 4.79 Å². The van der Waals surface area contributed by atoms with Crippen LogP contribution in [0.3, 0.4) is 0 Å². The first-order chi connectivity index (χ1) is 7.88. The molecule has 0 aliphatic carbocycles. The van der Waals surface area contributed by atoms with Crippen LogP contribution in [0, 0.1) is 0 Å². The highest BCUT2D eigenvalue weighted by molar-refractivity contribution is 6.30. The van der Waals surface area contributed by atoms with Crippen LogP contribution in [0.2, 0.25) is 5.15 Å². The number of aromatic nitrogens is 2. The number of hydrogen-bond acceptors (Lipinski definition) is 4. The molecule has 0 saturated carbocycles. The third-order valence-corrected chi connectivity index (χ3v) is 2.77. The van der Waals surface area contributed by atoms with Crippen molar-refractivity contribution in [3.63, 3.8) is 0 Å². The largest absolute Gasteiger partial charge is 0.368 e. The van der Waals surface area contributed by atoms with Crippen LogP contribution >= 0.6 is 11.6 Å². The Hall–Kier alpha value is -1.36. The fraction of sp³-hybridized carbons (Fsp3) is 0.545. The highest BCUT2D eigenvalue weighted by atomic mass is 35.5. The molecule has 0 aliphatic rings. The Morgan fingerprint density at radius 3 is 2.71 bits per heavy atom. The summed E-state index contributed by atoms with van der Waals surface area (Å²) < 4.78 is 0. The molecule has 1 amide bonds. The van der Waals surface area contributed by atoms with E-state index in [2.05, 4.69) is 15.3 Å². The smallest absolute Gasteiger partial charge is 0.242 e. The van der Waals surface area contributed by atoms with Gasteiger partial charge in [0.15, 0.2) is 0 Å². The average molecular weight is 257 g/mol. The lowest BCUT2D eigenvalue weighted by Gasteiger charge is -2.24. The molecule has 0 unspecified atom stereocenters. The molecule has 94 valence electrons. The van der Waals surface area contributed by atoms with Crippen molar-refractivity contribution in [3.8, 4) is 0 Å². The van der Waals surface area contributed by atoms with Gasteiger partial charge in [-0.15, -0.1) is 0 Å². The van der Waals surface area contributed by atoms with Crippen molar-refractivity contribution in [3.05, 3.63) is 17.0 Å². The SMILES string of the molecule is CCCc1c(Cl)ncnc1NC(C)(C)C(N)=O. The van der Waals surface area contributed by atoms with Crippen LogP contribution in [0.25, 0.3) is 0 Å². The van der Waals surface area contributed by atoms with Crippen LogP contribution < -0.4 is 11.1 Å². The van der Waals surface area contributed by atoms with Gasteiger partial charge >= 0.3 is 0 Å². The summed E-state index contributed by atoms with van der Waals surface area (Å²) in [5.41, 5.74) is 5.24. The van der Waals surface area contributed by atoms with Gasteiger partial charge < -0.3 is 11.1 Å². The van der Waals surface area contributed by atoms with Gasteiger partial charge in [-0.25, -0.2) is 9.97 Å². The predicted octanol–water partition coefficient (Wildman–Crippen LogP) is 1.76. The Kier molecular flexibility index (Phi) is 4.28. The second-order valence-corrected chi connectivity index (χ2v) is 4.71. The molecule has 1 aromatic heterocycles. The molecule has 17 heavy (non-hydrogen) atoms. The Bertz CT molecular complexity index is 420. The van der Waals surface area contributed by atoms with E-state index in [1.165, 1.54) is 6.33 Å². The van der Waals surface area contributed by atoms with Gasteiger partial charge in [0.2, 0.25) is 5.91 Å². The van der Waals surface area contributed by atoms with Crippen molar-refractivity contribution in [1.82, 2.24) is 9.97 Å². The molecule has 0 fully saturated rings. The number of nitrogens with one attached hydrogen (secondary N) is 1. The van der Waals surface area contributed by atoms with Crippen LogP contribution in [0.4, 0.5) is 5.82 Å². The minimum Gasteiger partial charge on any atom is -0.368 e. The van der Waals surface area contributed by atoms with E-state index in [0.717, 1.165) is 18.4 Å². The van der Waals surface area contributed by atoms with Crippen LogP contribution in [0.5, 0.6) is 0 Å². The molecule has 6 heteroatoms. The second-order valence-electron chi connectivity index (χ2n) is 4.36. The van der Waals surface area contributed by atoms with Crippen LogP contribution in [-0.2, 0) is 11.2 Å². The Labute approximate surface area is 106 Å². The maximum absolute atomic E-state index is 11.3. The van der Waals surface area contributed by atoms with E-state index in [1.54, 1.807) is 13.8 Å². The van der Waals surface area contributed by atoms with E-state index in [-0.39, 0.29) is 0 Å². The quantitative estimate of drug-likeness (QED) is 0.787. The van der Waals surface area contributed by atoms with Crippen molar-refractivity contribution in [2.45, 2.75) is 39.2 Å². The highest BCUT2D eigenvalue weighted by Gasteiger charge is 2.26. The fourth-order valence-electron chi connectivity index (χ4n) is 1.33. The van der Waals surface area contributed by atoms with Gasteiger partial charge in [-0.05, 0) is 20.3 Å². The van der Waals surface area contributed by atoms with Gasteiger partial charge in [-0.2, -0.15) is 0 Å². The molecule has 0 atom stereocenters. The highest BCUT2D eigenvalue weighted by Crippen LogP contribution is 2.23. The zero-order chi connectivity index (χ0) is 13.1. The first kappa shape index (κ1) is 13.7. The summed E-state index contributed by atoms with van der Waals surface area (Å²) in [7, 11) is 0. The standard InChI is InChI=1S/C11H17ClN4O/c1-4-5-7-8(12)14-6-15-9(7)16-11(2,3)10(13)17/h6H,4-5H2,1-3H3,(H2,13,17)(H,14,15,16). The van der Waals surface area contributed by atoms with Crippen molar-refractivity contribution < 1.29 is 4.79 Å². The van der Waals surface area contributed by atoms with E-state index in [1.807, 2.05) is 6.92 Å². The molecule has 1 rings (SSSR count). The first-order valence-electron chi connectivity index (χ1n) is 5.46. The van der Waals surface area contributed by atoms with Gasteiger partial charge in [0.25, 0.3) is 0 Å². The molecule has 0 saturated heterocycles. The number of rotatable bonds is 5. The molecule has 0 aliphatic heterocycles. The molecular formula is C11H17ClN4O. The van der Waals surface area contributed by atoms with Gasteiger partial charge in [-0.3, -0.25) is 4.79 Å². The first-order valence-corrected chi connectivity index (χ1v) is 5.83. The van der Waals surface area contributed by atoms with E-state index < -0.39 is 11.4 Å². The zero-order valence-corrected chi connectivity index (χ0v) is 11.0. The number of carbonyl (C=O) groups is 1. The summed E-state index contributed by atoms with van der Waals surface area (Å²) in [4.78, 5) is 19.3. The molecule has 1 heterocycles. The third kappa shape index (κ3) is 3.30. The number of nitrogens with two attached hydrogens (primary N) is 1. The van der Waals surface area contributed by atoms with Crippen molar-refractivity contribution in [1.29, 1.82) is 0 Å². The molecule has 0 radical (unpaired) electrons. The minimum absolute atomic E-state index is 0.407. The van der Waals surface area contributed by atoms with Crippen LogP contribution in [-0.4, -0.2) is 21.4 Å². The number of hydrogen-bond donors (Lipinski definition) is 2. The van der Waals surface area contributed by atoms with Crippen molar-refractivity contribution in [2.75, 3.05) is 5.32 Å². The van der Waals surface area contributed by atoms with Gasteiger partial charge in [0, 0.05) is 5.56 Å². The van der Waals surface area contributed by atoms with Crippen molar-refractivity contribution >= 4 is 23.3 Å². The average Bonchev–Trinajstić information content (AvgIpc) is 2.22. The molecule has 0 aromatic carbocycles. The van der Waals surface area contributed by atoms with Gasteiger partial charge in [0.1, 0.15) is 22.8 Å². The molecule has 0 bridgehead atoms. The summed E-state index contributed by atoms with van der Waals surface area (Å²) in [6, 6.07) is 0. The molecule has 5 nitrogen and oxygen atoms in total. The lowest BCUT2D eigenvalue weighted by atomic mass is 10.0. The Morgan fingerprint density at radius 2 is 2.18 bits per heavy atom. The van der Waals surface area contributed by atoms with Crippen LogP contribution in [0.15, 0.2) is 6.33 Å². The number of halogens is 1. The lowest BCUT2D eigenvalue weighted by Crippen LogP contribution is -2.45. The maximum atomic E-state index is 11.3. The summed E-state index contributed by atoms with van der Waals surface area (Å²) in [5.74, 6) is 0.116. The minimum atomic E-state index is -0.875. The van der Waals surface area contributed by atoms with Crippen molar-refractivity contribution in [2.24, 2.45) is 5.73 Å². The normalized spacial score (nSPS) is 11.3. The lowest BCUT2D eigenvalue weighted by molar-refractivity contribution is -0.121. The fourth-order valence-corrected chi connectivity index (χ4v) is 1.56. The van der Waals surface area contributed by atoms with E-state index in [0.29, 0.717) is 11.0 Å². The summed E-state index contributed by atoms with van der Waals surface area (Å²) in [6.07, 6.45) is 3.02. The zero-order valence-electron chi connectivity index (χ0n) is 10.2. The third-order valence-electron chi connectivity index (χ3n) is 2.44. The number of amides is 1. The Balaban J connectivity index is 3.06. The molecule has 1 aromatic rings. The number of primary amides is 1. The number of nitrogens with zero attached hydrogens (tertiary/aromatic N) is 2. The van der Waals surface area contributed by atoms with E-state index in [4.69, 9.17) is 17.3 Å². The monoisotopic (exact) mass is 256 g/mol.